The summed E-state index contributed by atoms with van der Waals surface area (Å²) in [6, 6.07) is 9.78. The smallest absolute Gasteiger partial charge is 0.260 e. The second kappa shape index (κ2) is 5.62. The number of anilines is 1. The molecule has 1 aromatic carbocycles. The summed E-state index contributed by atoms with van der Waals surface area (Å²) >= 11 is 1.48. The van der Waals surface area contributed by atoms with Crippen molar-refractivity contribution in [3.8, 4) is 5.69 Å². The Bertz CT molecular complexity index is 849. The van der Waals surface area contributed by atoms with Crippen LogP contribution in [-0.4, -0.2) is 20.7 Å². The van der Waals surface area contributed by atoms with Crippen LogP contribution in [-0.2, 0) is 0 Å². The highest BCUT2D eigenvalue weighted by Crippen LogP contribution is 2.40. The van der Waals surface area contributed by atoms with E-state index in [2.05, 4.69) is 15.4 Å². The third kappa shape index (κ3) is 2.77. The van der Waals surface area contributed by atoms with Crippen LogP contribution in [0.3, 0.4) is 0 Å². The lowest BCUT2D eigenvalue weighted by Crippen LogP contribution is -2.13. The third-order valence-corrected chi connectivity index (χ3v) is 4.77. The molecular formula is C17H16N4OS. The highest BCUT2D eigenvalue weighted by molar-refractivity contribution is 7.14. The molecule has 0 aliphatic heterocycles. The lowest BCUT2D eigenvalue weighted by molar-refractivity contribution is 0.102. The van der Waals surface area contributed by atoms with Gasteiger partial charge in [-0.15, -0.1) is 11.3 Å². The normalized spacial score (nSPS) is 14.0. The molecule has 23 heavy (non-hydrogen) atoms. The maximum absolute atomic E-state index is 12.5. The van der Waals surface area contributed by atoms with Gasteiger partial charge in [0.15, 0.2) is 5.13 Å². The molecule has 0 radical (unpaired) electrons. The monoisotopic (exact) mass is 324 g/mol. The molecule has 0 bridgehead atoms. The summed E-state index contributed by atoms with van der Waals surface area (Å²) in [5, 5.41) is 9.90. The van der Waals surface area contributed by atoms with Crippen molar-refractivity contribution in [3.05, 3.63) is 58.9 Å². The van der Waals surface area contributed by atoms with Crippen molar-refractivity contribution in [3.63, 3.8) is 0 Å². The quantitative estimate of drug-likeness (QED) is 0.795. The van der Waals surface area contributed by atoms with Crippen molar-refractivity contribution in [1.29, 1.82) is 0 Å². The standard InChI is InChI=1S/C17H16N4OS/c1-11-14(9-18-21(11)13-5-3-2-4-6-13)16(22)20-17-19-15(10-23-17)12-7-8-12/h2-6,9-10,12H,7-8H2,1H3,(H,19,20,22). The summed E-state index contributed by atoms with van der Waals surface area (Å²) in [6.45, 7) is 1.90. The van der Waals surface area contributed by atoms with Crippen molar-refractivity contribution >= 4 is 22.4 Å². The number of thiazole rings is 1. The summed E-state index contributed by atoms with van der Waals surface area (Å²) in [5.41, 5.74) is 3.42. The van der Waals surface area contributed by atoms with Crippen molar-refractivity contribution in [1.82, 2.24) is 14.8 Å². The molecule has 0 unspecified atom stereocenters. The van der Waals surface area contributed by atoms with Gasteiger partial charge in [-0.2, -0.15) is 5.10 Å². The van der Waals surface area contributed by atoms with Crippen LogP contribution < -0.4 is 5.32 Å². The maximum Gasteiger partial charge on any atom is 0.260 e. The molecule has 2 aromatic heterocycles. The van der Waals surface area contributed by atoms with Gasteiger partial charge in [-0.25, -0.2) is 9.67 Å². The zero-order chi connectivity index (χ0) is 15.8. The third-order valence-electron chi connectivity index (χ3n) is 3.99. The van der Waals surface area contributed by atoms with Crippen LogP contribution >= 0.6 is 11.3 Å². The van der Waals surface area contributed by atoms with Gasteiger partial charge in [0.25, 0.3) is 5.91 Å². The number of hydrogen-bond donors (Lipinski definition) is 1. The average molecular weight is 324 g/mol. The van der Waals surface area contributed by atoms with Gasteiger partial charge in [-0.05, 0) is 31.9 Å². The van der Waals surface area contributed by atoms with E-state index in [9.17, 15) is 4.79 Å². The number of carbonyl (C=O) groups excluding carboxylic acids is 1. The summed E-state index contributed by atoms with van der Waals surface area (Å²) in [4.78, 5) is 17.0. The van der Waals surface area contributed by atoms with E-state index in [4.69, 9.17) is 0 Å². The highest BCUT2D eigenvalue weighted by atomic mass is 32.1. The first-order valence-electron chi connectivity index (χ1n) is 7.59. The number of hydrogen-bond acceptors (Lipinski definition) is 4. The van der Waals surface area contributed by atoms with Crippen LogP contribution in [0, 0.1) is 6.92 Å². The molecule has 3 aromatic rings. The van der Waals surface area contributed by atoms with Gasteiger partial charge >= 0.3 is 0 Å². The Balaban J connectivity index is 1.55. The second-order valence-electron chi connectivity index (χ2n) is 5.70. The Morgan fingerprint density at radius 3 is 2.83 bits per heavy atom. The predicted molar refractivity (Wildman–Crippen MR) is 90.3 cm³/mol. The molecular weight excluding hydrogens is 308 g/mol. The molecule has 1 N–H and O–H groups in total. The van der Waals surface area contributed by atoms with Crippen molar-refractivity contribution in [2.45, 2.75) is 25.7 Å². The fourth-order valence-electron chi connectivity index (χ4n) is 2.54. The largest absolute Gasteiger partial charge is 0.298 e. The van der Waals surface area contributed by atoms with E-state index in [1.54, 1.807) is 10.9 Å². The summed E-state index contributed by atoms with van der Waals surface area (Å²) in [5.74, 6) is 0.431. The van der Waals surface area contributed by atoms with Crippen molar-refractivity contribution in [2.75, 3.05) is 5.32 Å². The lowest BCUT2D eigenvalue weighted by Gasteiger charge is -2.05. The average Bonchev–Trinajstić information content (AvgIpc) is 3.19. The fourth-order valence-corrected chi connectivity index (χ4v) is 3.32. The molecule has 2 heterocycles. The van der Waals surface area contributed by atoms with E-state index >= 15 is 0 Å². The zero-order valence-corrected chi connectivity index (χ0v) is 13.5. The van der Waals surface area contributed by atoms with Gasteiger partial charge in [0.2, 0.25) is 0 Å². The summed E-state index contributed by atoms with van der Waals surface area (Å²) in [6.07, 6.45) is 4.02. The molecule has 116 valence electrons. The molecule has 1 fully saturated rings. The minimum absolute atomic E-state index is 0.165. The van der Waals surface area contributed by atoms with Crippen LogP contribution in [0.5, 0.6) is 0 Å². The molecule has 1 saturated carbocycles. The summed E-state index contributed by atoms with van der Waals surface area (Å²) in [7, 11) is 0. The first-order valence-corrected chi connectivity index (χ1v) is 8.47. The minimum atomic E-state index is -0.165. The first-order chi connectivity index (χ1) is 11.2. The summed E-state index contributed by atoms with van der Waals surface area (Å²) < 4.78 is 1.77. The van der Waals surface area contributed by atoms with E-state index in [1.165, 1.54) is 24.2 Å². The van der Waals surface area contributed by atoms with E-state index in [-0.39, 0.29) is 5.91 Å². The number of nitrogens with zero attached hydrogens (tertiary/aromatic N) is 3. The van der Waals surface area contributed by atoms with Gasteiger partial charge < -0.3 is 0 Å². The first kappa shape index (κ1) is 14.1. The molecule has 0 saturated heterocycles. The van der Waals surface area contributed by atoms with E-state index in [0.29, 0.717) is 16.6 Å². The lowest BCUT2D eigenvalue weighted by atomic mass is 10.2. The number of carbonyl (C=O) groups is 1. The Morgan fingerprint density at radius 1 is 1.30 bits per heavy atom. The van der Waals surface area contributed by atoms with Crippen LogP contribution in [0.1, 0.15) is 40.5 Å². The second-order valence-corrected chi connectivity index (χ2v) is 6.56. The molecule has 1 amide bonds. The molecule has 0 atom stereocenters. The Labute approximate surface area is 138 Å². The SMILES string of the molecule is Cc1c(C(=O)Nc2nc(C3CC3)cs2)cnn1-c1ccccc1. The fraction of sp³-hybridized carbons (Fsp3) is 0.235. The van der Waals surface area contributed by atoms with Crippen LogP contribution in [0.2, 0.25) is 0 Å². The number of rotatable bonds is 4. The van der Waals surface area contributed by atoms with Crippen molar-refractivity contribution in [2.24, 2.45) is 0 Å². The van der Waals surface area contributed by atoms with E-state index in [0.717, 1.165) is 17.1 Å². The predicted octanol–water partition coefficient (Wildman–Crippen LogP) is 3.77. The van der Waals surface area contributed by atoms with E-state index in [1.807, 2.05) is 42.6 Å². The zero-order valence-electron chi connectivity index (χ0n) is 12.7. The van der Waals surface area contributed by atoms with E-state index < -0.39 is 0 Å². The Morgan fingerprint density at radius 2 is 2.09 bits per heavy atom. The van der Waals surface area contributed by atoms with Crippen LogP contribution in [0.15, 0.2) is 41.9 Å². The topological polar surface area (TPSA) is 59.8 Å². The van der Waals surface area contributed by atoms with Crippen molar-refractivity contribution < 1.29 is 4.79 Å². The van der Waals surface area contributed by atoms with Crippen LogP contribution in [0.4, 0.5) is 5.13 Å². The Kier molecular flexibility index (Phi) is 3.46. The molecule has 1 aliphatic rings. The molecule has 5 nitrogen and oxygen atoms in total. The van der Waals surface area contributed by atoms with Crippen LogP contribution in [0.25, 0.3) is 5.69 Å². The van der Waals surface area contributed by atoms with Gasteiger partial charge in [-0.1, -0.05) is 18.2 Å². The maximum atomic E-state index is 12.5. The highest BCUT2D eigenvalue weighted by Gasteiger charge is 2.26. The Hall–Kier alpha value is -2.47. The molecule has 1 aliphatic carbocycles. The number of benzene rings is 1. The number of amides is 1. The number of para-hydroxylation sites is 1. The van der Waals surface area contributed by atoms with Gasteiger partial charge in [0.1, 0.15) is 0 Å². The van der Waals surface area contributed by atoms with Gasteiger partial charge in [-0.3, -0.25) is 10.1 Å². The molecule has 4 rings (SSSR count). The number of aromatic nitrogens is 3. The molecule has 0 spiro atoms. The molecule has 6 heteroatoms. The van der Waals surface area contributed by atoms with Gasteiger partial charge in [0.05, 0.1) is 28.8 Å². The van der Waals surface area contributed by atoms with Gasteiger partial charge in [0, 0.05) is 11.3 Å². The number of nitrogens with one attached hydrogen (secondary N) is 1. The minimum Gasteiger partial charge on any atom is -0.298 e.